The highest BCUT2D eigenvalue weighted by molar-refractivity contribution is 6.31. The van der Waals surface area contributed by atoms with Crippen molar-refractivity contribution >= 4 is 17.4 Å². The number of nitrogens with two attached hydrogens (primary N) is 1. The Balaban J connectivity index is 2.10. The standard InChI is InChI=1S/C13H15ClFNO/c14-11-5-4-9(15)6-8(11)7-13(17)10-2-1-3-12(10)16/h4-6,10,12H,1-3,7,16H2. The fourth-order valence-electron chi connectivity index (χ4n) is 2.39. The summed E-state index contributed by atoms with van der Waals surface area (Å²) in [7, 11) is 0. The second kappa shape index (κ2) is 5.15. The van der Waals surface area contributed by atoms with Crippen molar-refractivity contribution in [2.45, 2.75) is 31.7 Å². The average molecular weight is 256 g/mol. The molecule has 2 rings (SSSR count). The van der Waals surface area contributed by atoms with E-state index in [2.05, 4.69) is 0 Å². The van der Waals surface area contributed by atoms with Crippen LogP contribution in [-0.4, -0.2) is 11.8 Å². The van der Waals surface area contributed by atoms with Gasteiger partial charge in [-0.25, -0.2) is 4.39 Å². The van der Waals surface area contributed by atoms with Gasteiger partial charge in [-0.1, -0.05) is 18.0 Å². The van der Waals surface area contributed by atoms with E-state index in [1.54, 1.807) is 0 Å². The average Bonchev–Trinajstić information content (AvgIpc) is 2.70. The van der Waals surface area contributed by atoms with Gasteiger partial charge in [0.25, 0.3) is 0 Å². The van der Waals surface area contributed by atoms with Crippen molar-refractivity contribution < 1.29 is 9.18 Å². The molecule has 0 bridgehead atoms. The van der Waals surface area contributed by atoms with E-state index < -0.39 is 0 Å². The molecule has 1 saturated carbocycles. The van der Waals surface area contributed by atoms with E-state index >= 15 is 0 Å². The number of carbonyl (C=O) groups is 1. The number of rotatable bonds is 3. The number of hydrogen-bond donors (Lipinski definition) is 1. The zero-order valence-electron chi connectivity index (χ0n) is 9.46. The van der Waals surface area contributed by atoms with Gasteiger partial charge in [0, 0.05) is 23.4 Å². The fourth-order valence-corrected chi connectivity index (χ4v) is 2.57. The molecule has 0 spiro atoms. The summed E-state index contributed by atoms with van der Waals surface area (Å²) in [5.74, 6) is -0.384. The summed E-state index contributed by atoms with van der Waals surface area (Å²) >= 11 is 5.93. The molecule has 1 aromatic carbocycles. The predicted molar refractivity (Wildman–Crippen MR) is 65.4 cm³/mol. The monoisotopic (exact) mass is 255 g/mol. The Labute approximate surface area is 105 Å². The van der Waals surface area contributed by atoms with Crippen molar-refractivity contribution in [1.29, 1.82) is 0 Å². The molecule has 1 aromatic rings. The van der Waals surface area contributed by atoms with Gasteiger partial charge in [-0.15, -0.1) is 0 Å². The van der Waals surface area contributed by atoms with Crippen molar-refractivity contribution in [3.8, 4) is 0 Å². The number of hydrogen-bond acceptors (Lipinski definition) is 2. The van der Waals surface area contributed by atoms with E-state index in [1.165, 1.54) is 18.2 Å². The maximum Gasteiger partial charge on any atom is 0.141 e. The Morgan fingerprint density at radius 3 is 2.88 bits per heavy atom. The van der Waals surface area contributed by atoms with Crippen LogP contribution in [0, 0.1) is 11.7 Å². The van der Waals surface area contributed by atoms with Crippen LogP contribution in [0.2, 0.25) is 5.02 Å². The zero-order valence-corrected chi connectivity index (χ0v) is 10.2. The maximum atomic E-state index is 13.1. The van der Waals surface area contributed by atoms with E-state index in [9.17, 15) is 9.18 Å². The molecule has 2 nitrogen and oxygen atoms in total. The van der Waals surface area contributed by atoms with E-state index in [1.807, 2.05) is 0 Å². The summed E-state index contributed by atoms with van der Waals surface area (Å²) in [6, 6.07) is 4.04. The molecule has 2 unspecified atom stereocenters. The molecule has 17 heavy (non-hydrogen) atoms. The summed E-state index contributed by atoms with van der Waals surface area (Å²) < 4.78 is 13.1. The van der Waals surface area contributed by atoms with Gasteiger partial charge in [-0.3, -0.25) is 4.79 Å². The normalized spacial score (nSPS) is 23.9. The van der Waals surface area contributed by atoms with E-state index in [-0.39, 0.29) is 30.0 Å². The van der Waals surface area contributed by atoms with Gasteiger partial charge in [0.2, 0.25) is 0 Å². The largest absolute Gasteiger partial charge is 0.327 e. The number of halogens is 2. The van der Waals surface area contributed by atoms with Crippen LogP contribution in [0.1, 0.15) is 24.8 Å². The van der Waals surface area contributed by atoms with Gasteiger partial charge in [-0.2, -0.15) is 0 Å². The molecule has 2 N–H and O–H groups in total. The van der Waals surface area contributed by atoms with Gasteiger partial charge < -0.3 is 5.73 Å². The lowest BCUT2D eigenvalue weighted by molar-refractivity contribution is -0.122. The Morgan fingerprint density at radius 1 is 1.47 bits per heavy atom. The minimum Gasteiger partial charge on any atom is -0.327 e. The predicted octanol–water partition coefficient (Wildman–Crippen LogP) is 2.72. The van der Waals surface area contributed by atoms with Crippen molar-refractivity contribution in [3.63, 3.8) is 0 Å². The molecular weight excluding hydrogens is 241 g/mol. The summed E-state index contributed by atoms with van der Waals surface area (Å²) in [4.78, 5) is 12.0. The van der Waals surface area contributed by atoms with E-state index in [0.29, 0.717) is 10.6 Å². The molecule has 0 heterocycles. The van der Waals surface area contributed by atoms with E-state index in [4.69, 9.17) is 17.3 Å². The minimum absolute atomic E-state index is 0.0464. The molecule has 0 radical (unpaired) electrons. The van der Waals surface area contributed by atoms with Gasteiger partial charge in [-0.05, 0) is 36.6 Å². The van der Waals surface area contributed by atoms with Gasteiger partial charge in [0.05, 0.1) is 0 Å². The lowest BCUT2D eigenvalue weighted by atomic mass is 9.94. The Kier molecular flexibility index (Phi) is 3.79. The highest BCUT2D eigenvalue weighted by Gasteiger charge is 2.30. The van der Waals surface area contributed by atoms with E-state index in [0.717, 1.165) is 19.3 Å². The molecule has 1 fully saturated rings. The number of carbonyl (C=O) groups excluding carboxylic acids is 1. The molecule has 4 heteroatoms. The third kappa shape index (κ3) is 2.85. The molecule has 0 aromatic heterocycles. The lowest BCUT2D eigenvalue weighted by Gasteiger charge is -2.14. The third-order valence-electron chi connectivity index (χ3n) is 3.36. The summed E-state index contributed by atoms with van der Waals surface area (Å²) in [5, 5.41) is 0.436. The van der Waals surface area contributed by atoms with Gasteiger partial charge in [0.15, 0.2) is 0 Å². The molecule has 2 atom stereocenters. The SMILES string of the molecule is NC1CCCC1C(=O)Cc1cc(F)ccc1Cl. The fraction of sp³-hybridized carbons (Fsp3) is 0.462. The molecular formula is C13H15ClFNO. The topological polar surface area (TPSA) is 43.1 Å². The molecule has 0 saturated heterocycles. The first kappa shape index (κ1) is 12.5. The van der Waals surface area contributed by atoms with Crippen LogP contribution in [0.25, 0.3) is 0 Å². The van der Waals surface area contributed by atoms with Crippen LogP contribution < -0.4 is 5.73 Å². The second-order valence-electron chi connectivity index (χ2n) is 4.58. The van der Waals surface area contributed by atoms with Crippen LogP contribution >= 0.6 is 11.6 Å². The molecule has 92 valence electrons. The highest BCUT2D eigenvalue weighted by Crippen LogP contribution is 2.27. The Bertz CT molecular complexity index is 435. The first-order valence-corrected chi connectivity index (χ1v) is 6.18. The van der Waals surface area contributed by atoms with Crippen LogP contribution in [0.3, 0.4) is 0 Å². The van der Waals surface area contributed by atoms with Crippen molar-refractivity contribution in [1.82, 2.24) is 0 Å². The van der Waals surface area contributed by atoms with Gasteiger partial charge in [0.1, 0.15) is 11.6 Å². The highest BCUT2D eigenvalue weighted by atomic mass is 35.5. The zero-order chi connectivity index (χ0) is 12.4. The molecule has 0 aliphatic heterocycles. The van der Waals surface area contributed by atoms with Gasteiger partial charge >= 0.3 is 0 Å². The Hall–Kier alpha value is -0.930. The van der Waals surface area contributed by atoms with Crippen LogP contribution in [0.4, 0.5) is 4.39 Å². The number of Topliss-reactive ketones (excluding diaryl/α,β-unsaturated/α-hetero) is 1. The lowest BCUT2D eigenvalue weighted by Crippen LogP contribution is -2.31. The summed E-state index contributed by atoms with van der Waals surface area (Å²) in [6.45, 7) is 0. The van der Waals surface area contributed by atoms with Crippen molar-refractivity contribution in [2.75, 3.05) is 0 Å². The quantitative estimate of drug-likeness (QED) is 0.903. The minimum atomic E-state index is -0.368. The third-order valence-corrected chi connectivity index (χ3v) is 3.72. The molecule has 1 aliphatic carbocycles. The summed E-state index contributed by atoms with van der Waals surface area (Å²) in [6.07, 6.45) is 2.91. The Morgan fingerprint density at radius 2 is 2.24 bits per heavy atom. The number of benzene rings is 1. The van der Waals surface area contributed by atoms with Crippen LogP contribution in [0.15, 0.2) is 18.2 Å². The van der Waals surface area contributed by atoms with Crippen molar-refractivity contribution in [2.24, 2.45) is 11.7 Å². The van der Waals surface area contributed by atoms with Crippen molar-refractivity contribution in [3.05, 3.63) is 34.6 Å². The van der Waals surface area contributed by atoms with Crippen LogP contribution in [0.5, 0.6) is 0 Å². The smallest absolute Gasteiger partial charge is 0.141 e. The second-order valence-corrected chi connectivity index (χ2v) is 4.99. The maximum absolute atomic E-state index is 13.1. The molecule has 1 aliphatic rings. The summed E-state index contributed by atoms with van der Waals surface area (Å²) in [5.41, 5.74) is 6.43. The first-order chi connectivity index (χ1) is 8.08. The first-order valence-electron chi connectivity index (χ1n) is 5.80. The molecule has 0 amide bonds. The number of ketones is 1. The van der Waals surface area contributed by atoms with Crippen LogP contribution in [-0.2, 0) is 11.2 Å².